The highest BCUT2D eigenvalue weighted by Gasteiger charge is 2.74. The molecule has 1 N–H and O–H groups in total. The number of benzene rings is 2. The lowest BCUT2D eigenvalue weighted by atomic mass is 9.75. The fourth-order valence-corrected chi connectivity index (χ4v) is 6.87. The van der Waals surface area contributed by atoms with Gasteiger partial charge in [0.15, 0.2) is 0 Å². The predicted molar refractivity (Wildman–Crippen MR) is 123 cm³/mol. The summed E-state index contributed by atoms with van der Waals surface area (Å²) in [7, 11) is 0. The Morgan fingerprint density at radius 2 is 1.91 bits per heavy atom. The van der Waals surface area contributed by atoms with E-state index in [9.17, 15) is 24.5 Å². The highest BCUT2D eigenvalue weighted by molar-refractivity contribution is 6.26. The third-order valence-electron chi connectivity index (χ3n) is 8.21. The van der Waals surface area contributed by atoms with Crippen molar-refractivity contribution in [2.24, 2.45) is 11.8 Å². The summed E-state index contributed by atoms with van der Waals surface area (Å²) >= 11 is 0. The number of carbonyl (C=O) groups is 3. The molecule has 3 fully saturated rings. The van der Waals surface area contributed by atoms with Gasteiger partial charge in [-0.1, -0.05) is 31.2 Å². The monoisotopic (exact) mass is 460 g/mol. The maximum Gasteiger partial charge on any atom is 0.274 e. The fraction of sp³-hybridized carbons (Fsp3) is 0.400. The number of hydrogen-bond donors (Lipinski definition) is 1. The van der Waals surface area contributed by atoms with Crippen LogP contribution < -0.4 is 10.2 Å². The first-order valence-electron chi connectivity index (χ1n) is 11.7. The van der Waals surface area contributed by atoms with Crippen molar-refractivity contribution in [1.82, 2.24) is 4.90 Å². The average molecular weight is 460 g/mol. The highest BCUT2D eigenvalue weighted by Crippen LogP contribution is 2.61. The minimum Gasteiger partial charge on any atom is -0.324 e. The molecule has 6 rings (SSSR count). The van der Waals surface area contributed by atoms with Gasteiger partial charge in [-0.25, -0.2) is 4.90 Å². The van der Waals surface area contributed by atoms with E-state index in [1.807, 2.05) is 25.1 Å². The number of nitrogens with one attached hydrogen (secondary N) is 1. The molecule has 9 nitrogen and oxygen atoms in total. The summed E-state index contributed by atoms with van der Waals surface area (Å²) in [5.41, 5.74) is 1.58. The first-order valence-corrected chi connectivity index (χ1v) is 11.7. The second kappa shape index (κ2) is 6.96. The van der Waals surface area contributed by atoms with Gasteiger partial charge in [-0.05, 0) is 44.4 Å². The van der Waals surface area contributed by atoms with Gasteiger partial charge in [0.1, 0.15) is 5.54 Å². The van der Waals surface area contributed by atoms with E-state index in [0.717, 1.165) is 41.0 Å². The summed E-state index contributed by atoms with van der Waals surface area (Å²) in [5.74, 6) is -2.65. The number of rotatable bonds is 3. The van der Waals surface area contributed by atoms with Gasteiger partial charge in [0.25, 0.3) is 5.69 Å². The number of fused-ring (bicyclic) bond motifs is 7. The smallest absolute Gasteiger partial charge is 0.274 e. The summed E-state index contributed by atoms with van der Waals surface area (Å²) in [6.07, 6.45) is 2.28. The van der Waals surface area contributed by atoms with Gasteiger partial charge in [-0.2, -0.15) is 0 Å². The Morgan fingerprint density at radius 3 is 2.65 bits per heavy atom. The predicted octanol–water partition coefficient (Wildman–Crippen LogP) is 2.90. The van der Waals surface area contributed by atoms with E-state index in [1.165, 1.54) is 12.1 Å². The van der Waals surface area contributed by atoms with Crippen molar-refractivity contribution in [3.8, 4) is 0 Å². The van der Waals surface area contributed by atoms with Crippen LogP contribution >= 0.6 is 0 Å². The average Bonchev–Trinajstić information content (AvgIpc) is 3.52. The van der Waals surface area contributed by atoms with Crippen LogP contribution in [-0.4, -0.2) is 40.1 Å². The van der Waals surface area contributed by atoms with Crippen molar-refractivity contribution in [2.75, 3.05) is 16.8 Å². The highest BCUT2D eigenvalue weighted by atomic mass is 16.6. The molecule has 4 aliphatic heterocycles. The van der Waals surface area contributed by atoms with Crippen LogP contribution in [0.25, 0.3) is 0 Å². The number of nitrogens with zero attached hydrogens (tertiary/aromatic N) is 3. The van der Waals surface area contributed by atoms with E-state index in [4.69, 9.17) is 0 Å². The Bertz CT molecular complexity index is 1310. The van der Waals surface area contributed by atoms with Gasteiger partial charge in [0, 0.05) is 23.4 Å². The number of para-hydroxylation sites is 1. The Hall–Kier alpha value is -3.59. The second-order valence-corrected chi connectivity index (χ2v) is 9.51. The quantitative estimate of drug-likeness (QED) is 0.428. The van der Waals surface area contributed by atoms with Crippen LogP contribution in [0.4, 0.5) is 17.1 Å². The van der Waals surface area contributed by atoms with E-state index in [1.54, 1.807) is 13.0 Å². The topological polar surface area (TPSA) is 113 Å². The van der Waals surface area contributed by atoms with Crippen molar-refractivity contribution in [3.05, 3.63) is 63.2 Å². The molecule has 3 amide bonds. The molecule has 4 atom stereocenters. The van der Waals surface area contributed by atoms with E-state index < -0.39 is 28.2 Å². The SMILES string of the molecule is CCc1cccc2c1NC(=O)C21C2C(=O)N(c3cccc([N+](=O)[O-])c3C)C(=O)C2C2CCCN21. The molecule has 4 unspecified atom stereocenters. The molecule has 0 saturated carbocycles. The zero-order valence-corrected chi connectivity index (χ0v) is 18.9. The number of nitro benzene ring substituents is 1. The molecule has 34 heavy (non-hydrogen) atoms. The van der Waals surface area contributed by atoms with E-state index >= 15 is 0 Å². The maximum absolute atomic E-state index is 14.1. The third kappa shape index (κ3) is 2.30. The summed E-state index contributed by atoms with van der Waals surface area (Å²) in [6.45, 7) is 4.20. The molecule has 3 saturated heterocycles. The zero-order chi connectivity index (χ0) is 23.9. The van der Waals surface area contributed by atoms with E-state index in [2.05, 4.69) is 10.2 Å². The van der Waals surface area contributed by atoms with Crippen LogP contribution in [0.15, 0.2) is 36.4 Å². The van der Waals surface area contributed by atoms with Crippen LogP contribution in [0.3, 0.4) is 0 Å². The van der Waals surface area contributed by atoms with Crippen LogP contribution in [-0.2, 0) is 26.3 Å². The molecule has 9 heteroatoms. The van der Waals surface area contributed by atoms with Crippen molar-refractivity contribution < 1.29 is 19.3 Å². The number of carbonyl (C=O) groups excluding carboxylic acids is 3. The molecule has 4 heterocycles. The standard InChI is InChI=1S/C25H24N4O5/c1-3-14-7-4-8-15-21(14)26-24(32)25(15)20-19(18-11-6-12-27(18)25)22(30)28(23(20)31)16-9-5-10-17(13(16)2)29(33)34/h4-5,7-10,18-20H,3,6,11-12H2,1-2H3,(H,26,32). The molecule has 174 valence electrons. The van der Waals surface area contributed by atoms with Gasteiger partial charge in [0.05, 0.1) is 28.0 Å². The van der Waals surface area contributed by atoms with Gasteiger partial charge in [-0.15, -0.1) is 0 Å². The molecular weight excluding hydrogens is 436 g/mol. The van der Waals surface area contributed by atoms with E-state index in [-0.39, 0.29) is 34.8 Å². The van der Waals surface area contributed by atoms with Crippen molar-refractivity contribution in [1.29, 1.82) is 0 Å². The third-order valence-corrected chi connectivity index (χ3v) is 8.21. The van der Waals surface area contributed by atoms with Gasteiger partial charge in [-0.3, -0.25) is 29.4 Å². The van der Waals surface area contributed by atoms with Crippen molar-refractivity contribution in [3.63, 3.8) is 0 Å². The number of nitro groups is 1. The first kappa shape index (κ1) is 21.0. The molecular formula is C25H24N4O5. The molecule has 0 radical (unpaired) electrons. The van der Waals surface area contributed by atoms with Crippen LogP contribution in [0, 0.1) is 28.9 Å². The van der Waals surface area contributed by atoms with Gasteiger partial charge >= 0.3 is 0 Å². The second-order valence-electron chi connectivity index (χ2n) is 9.51. The number of amides is 3. The lowest BCUT2D eigenvalue weighted by Gasteiger charge is -2.36. The minimum absolute atomic E-state index is 0.149. The van der Waals surface area contributed by atoms with Gasteiger partial charge < -0.3 is 5.32 Å². The van der Waals surface area contributed by atoms with Crippen molar-refractivity contribution >= 4 is 34.8 Å². The summed E-state index contributed by atoms with van der Waals surface area (Å²) in [5, 5.41) is 14.5. The Balaban J connectivity index is 1.56. The lowest BCUT2D eigenvalue weighted by molar-refractivity contribution is -0.385. The van der Waals surface area contributed by atoms with Crippen molar-refractivity contribution in [2.45, 2.75) is 44.7 Å². The zero-order valence-electron chi connectivity index (χ0n) is 18.9. The Morgan fingerprint density at radius 1 is 1.15 bits per heavy atom. The largest absolute Gasteiger partial charge is 0.324 e. The lowest BCUT2D eigenvalue weighted by Crippen LogP contribution is -2.54. The minimum atomic E-state index is -1.25. The summed E-state index contributed by atoms with van der Waals surface area (Å²) in [4.78, 5) is 55.8. The van der Waals surface area contributed by atoms with Gasteiger partial charge in [0.2, 0.25) is 17.7 Å². The summed E-state index contributed by atoms with van der Waals surface area (Å²) < 4.78 is 0. The molecule has 0 aliphatic carbocycles. The van der Waals surface area contributed by atoms with Crippen LogP contribution in [0.1, 0.15) is 36.5 Å². The number of anilines is 2. The number of imide groups is 1. The van der Waals surface area contributed by atoms with Crippen LogP contribution in [0.5, 0.6) is 0 Å². The fourth-order valence-electron chi connectivity index (χ4n) is 6.87. The summed E-state index contributed by atoms with van der Waals surface area (Å²) in [6, 6.07) is 9.94. The number of aryl methyl sites for hydroxylation is 1. The molecule has 0 bridgehead atoms. The number of hydrogen-bond acceptors (Lipinski definition) is 6. The molecule has 2 aromatic rings. The first-order chi connectivity index (χ1) is 16.3. The Labute approximate surface area is 195 Å². The van der Waals surface area contributed by atoms with E-state index in [0.29, 0.717) is 6.54 Å². The Kier molecular flexibility index (Phi) is 4.29. The molecule has 4 aliphatic rings. The molecule has 2 aromatic carbocycles. The normalized spacial score (nSPS) is 29.5. The maximum atomic E-state index is 14.1. The molecule has 0 aromatic heterocycles. The molecule has 1 spiro atoms. The van der Waals surface area contributed by atoms with Crippen LogP contribution in [0.2, 0.25) is 0 Å².